The summed E-state index contributed by atoms with van der Waals surface area (Å²) in [6.45, 7) is 1.70. The van der Waals surface area contributed by atoms with Crippen molar-refractivity contribution < 1.29 is 28.2 Å². The van der Waals surface area contributed by atoms with Crippen LogP contribution in [0.4, 0.5) is 0 Å². The van der Waals surface area contributed by atoms with E-state index in [2.05, 4.69) is 0 Å². The fourth-order valence-corrected chi connectivity index (χ4v) is 3.39. The molecule has 160 valence electrons. The molecule has 0 unspecified atom stereocenters. The summed E-state index contributed by atoms with van der Waals surface area (Å²) in [7, 11) is 4.72. The number of furan rings is 1. The number of ether oxygens (including phenoxy) is 3. The molecule has 0 N–H and O–H groups in total. The second kappa shape index (κ2) is 10.1. The highest BCUT2D eigenvalue weighted by molar-refractivity contribution is 6.35. The Morgan fingerprint density at radius 3 is 2.23 bits per heavy atom. The lowest BCUT2D eigenvalue weighted by Crippen LogP contribution is -2.37. The van der Waals surface area contributed by atoms with Gasteiger partial charge in [0.05, 0.1) is 38.7 Å². The first-order chi connectivity index (χ1) is 14.6. The van der Waals surface area contributed by atoms with Gasteiger partial charge in [-0.25, -0.2) is 0 Å². The van der Waals surface area contributed by atoms with Gasteiger partial charge >= 0.3 is 0 Å². The molecule has 2 aromatic rings. The van der Waals surface area contributed by atoms with Crippen LogP contribution < -0.4 is 4.74 Å². The normalized spacial score (nSPS) is 14.0. The summed E-state index contributed by atoms with van der Waals surface area (Å²) in [6.07, 6.45) is 1.51. The van der Waals surface area contributed by atoms with Gasteiger partial charge in [0, 0.05) is 32.9 Å². The van der Waals surface area contributed by atoms with Crippen LogP contribution >= 0.6 is 0 Å². The molecule has 0 bridgehead atoms. The second-order valence-electron chi connectivity index (χ2n) is 6.67. The monoisotopic (exact) mass is 414 g/mol. The van der Waals surface area contributed by atoms with E-state index in [0.717, 1.165) is 0 Å². The number of nitrogens with zero attached hydrogens (tertiary/aromatic N) is 2. The maximum atomic E-state index is 13.4. The van der Waals surface area contributed by atoms with E-state index in [9.17, 15) is 9.59 Å². The number of benzene rings is 1. The molecule has 0 fully saturated rings. The standard InChI is InChI=1S/C22H26N2O6/c1-27-13-10-23(11-14-28-2)20-19(17-8-4-5-9-18(17)29-3)21(25)24(22(20)26)15-16-7-6-12-30-16/h4-9,12H,10-11,13-15H2,1-3H3. The van der Waals surface area contributed by atoms with Gasteiger partial charge in [-0.2, -0.15) is 0 Å². The van der Waals surface area contributed by atoms with Gasteiger partial charge in [-0.05, 0) is 18.2 Å². The Labute approximate surface area is 175 Å². The molecular weight excluding hydrogens is 388 g/mol. The van der Waals surface area contributed by atoms with Crippen molar-refractivity contribution in [1.82, 2.24) is 9.80 Å². The summed E-state index contributed by atoms with van der Waals surface area (Å²) in [4.78, 5) is 29.9. The lowest BCUT2D eigenvalue weighted by Gasteiger charge is -2.25. The molecule has 8 heteroatoms. The van der Waals surface area contributed by atoms with Crippen molar-refractivity contribution in [1.29, 1.82) is 0 Å². The van der Waals surface area contributed by atoms with Gasteiger partial charge in [0.2, 0.25) is 0 Å². The number of rotatable bonds is 11. The SMILES string of the molecule is COCCN(CCOC)C1=C(c2ccccc2OC)C(=O)N(Cc2ccco2)C1=O. The maximum absolute atomic E-state index is 13.4. The van der Waals surface area contributed by atoms with E-state index in [4.69, 9.17) is 18.6 Å². The van der Waals surface area contributed by atoms with Crippen LogP contribution in [0.3, 0.4) is 0 Å². The first kappa shape index (κ1) is 21.6. The summed E-state index contributed by atoms with van der Waals surface area (Å²) in [5.41, 5.74) is 1.18. The van der Waals surface area contributed by atoms with Crippen LogP contribution in [0.25, 0.3) is 5.57 Å². The molecule has 8 nitrogen and oxygen atoms in total. The fraction of sp³-hybridized carbons (Fsp3) is 0.364. The van der Waals surface area contributed by atoms with Crippen LogP contribution in [0.5, 0.6) is 5.75 Å². The van der Waals surface area contributed by atoms with Gasteiger partial charge in [0.15, 0.2) is 0 Å². The molecule has 1 aromatic carbocycles. The number of hydrogen-bond donors (Lipinski definition) is 0. The number of amides is 2. The molecule has 0 saturated heterocycles. The Morgan fingerprint density at radius 2 is 1.63 bits per heavy atom. The second-order valence-corrected chi connectivity index (χ2v) is 6.67. The third-order valence-corrected chi connectivity index (χ3v) is 4.86. The van der Waals surface area contributed by atoms with Crippen molar-refractivity contribution in [3.63, 3.8) is 0 Å². The molecule has 2 heterocycles. The molecule has 1 aromatic heterocycles. The topological polar surface area (TPSA) is 81.4 Å². The molecule has 3 rings (SSSR count). The predicted molar refractivity (Wildman–Crippen MR) is 110 cm³/mol. The van der Waals surface area contributed by atoms with Crippen LogP contribution in [0.1, 0.15) is 11.3 Å². The van der Waals surface area contributed by atoms with Crippen molar-refractivity contribution in [3.8, 4) is 5.75 Å². The molecule has 1 aliphatic heterocycles. The quantitative estimate of drug-likeness (QED) is 0.521. The molecule has 2 amide bonds. The van der Waals surface area contributed by atoms with Gasteiger partial charge in [-0.3, -0.25) is 14.5 Å². The number of methoxy groups -OCH3 is 3. The van der Waals surface area contributed by atoms with E-state index in [1.165, 1.54) is 18.3 Å². The molecule has 0 aliphatic carbocycles. The van der Waals surface area contributed by atoms with Crippen LogP contribution in [0, 0.1) is 0 Å². The fourth-order valence-electron chi connectivity index (χ4n) is 3.39. The Morgan fingerprint density at radius 1 is 0.933 bits per heavy atom. The van der Waals surface area contributed by atoms with Gasteiger partial charge in [0.25, 0.3) is 11.8 Å². The van der Waals surface area contributed by atoms with E-state index >= 15 is 0 Å². The first-order valence-electron chi connectivity index (χ1n) is 9.61. The number of imide groups is 1. The van der Waals surface area contributed by atoms with Gasteiger partial charge in [0.1, 0.15) is 17.2 Å². The smallest absolute Gasteiger partial charge is 0.278 e. The van der Waals surface area contributed by atoms with E-state index < -0.39 is 5.91 Å². The Bertz CT molecular complexity index is 898. The molecule has 0 atom stereocenters. The molecular formula is C22H26N2O6. The summed E-state index contributed by atoms with van der Waals surface area (Å²) in [5.74, 6) is 0.266. The van der Waals surface area contributed by atoms with Crippen molar-refractivity contribution >= 4 is 17.4 Å². The minimum Gasteiger partial charge on any atom is -0.496 e. The van der Waals surface area contributed by atoms with Gasteiger partial charge in [-0.15, -0.1) is 0 Å². The maximum Gasteiger partial charge on any atom is 0.278 e. The van der Waals surface area contributed by atoms with Crippen molar-refractivity contribution in [2.24, 2.45) is 0 Å². The Hall–Kier alpha value is -3.10. The Balaban J connectivity index is 2.09. The lowest BCUT2D eigenvalue weighted by atomic mass is 10.0. The zero-order valence-electron chi connectivity index (χ0n) is 17.4. The van der Waals surface area contributed by atoms with Crippen LogP contribution in [0.2, 0.25) is 0 Å². The zero-order valence-corrected chi connectivity index (χ0v) is 17.4. The number of hydrogen-bond acceptors (Lipinski definition) is 7. The van der Waals surface area contributed by atoms with Crippen molar-refractivity contribution in [2.45, 2.75) is 6.54 Å². The molecule has 30 heavy (non-hydrogen) atoms. The van der Waals surface area contributed by atoms with E-state index in [-0.39, 0.29) is 12.5 Å². The van der Waals surface area contributed by atoms with E-state index in [0.29, 0.717) is 54.6 Å². The lowest BCUT2D eigenvalue weighted by molar-refractivity contribution is -0.138. The van der Waals surface area contributed by atoms with Crippen LogP contribution in [0.15, 0.2) is 52.8 Å². The number of carbonyl (C=O) groups is 2. The predicted octanol–water partition coefficient (Wildman–Crippen LogP) is 2.16. The largest absolute Gasteiger partial charge is 0.496 e. The summed E-state index contributed by atoms with van der Waals surface area (Å²) in [5, 5.41) is 0. The highest BCUT2D eigenvalue weighted by atomic mass is 16.5. The van der Waals surface area contributed by atoms with E-state index in [1.807, 2.05) is 17.0 Å². The molecule has 0 spiro atoms. The minimum atomic E-state index is -0.393. The summed E-state index contributed by atoms with van der Waals surface area (Å²) < 4.78 is 21.3. The number of carbonyl (C=O) groups excluding carboxylic acids is 2. The highest BCUT2D eigenvalue weighted by Crippen LogP contribution is 2.36. The van der Waals surface area contributed by atoms with Crippen molar-refractivity contribution in [3.05, 3.63) is 59.7 Å². The first-order valence-corrected chi connectivity index (χ1v) is 9.61. The molecule has 1 aliphatic rings. The van der Waals surface area contributed by atoms with Gasteiger partial charge < -0.3 is 23.5 Å². The third kappa shape index (κ3) is 4.39. The minimum absolute atomic E-state index is 0.0508. The molecule has 0 radical (unpaired) electrons. The number of para-hydroxylation sites is 1. The summed E-state index contributed by atoms with van der Waals surface area (Å²) >= 11 is 0. The third-order valence-electron chi connectivity index (χ3n) is 4.86. The van der Waals surface area contributed by atoms with Crippen molar-refractivity contribution in [2.75, 3.05) is 47.6 Å². The average Bonchev–Trinajstić information content (AvgIpc) is 3.36. The summed E-state index contributed by atoms with van der Waals surface area (Å²) in [6, 6.07) is 10.6. The average molecular weight is 414 g/mol. The van der Waals surface area contributed by atoms with Crippen LogP contribution in [-0.2, 0) is 25.6 Å². The Kier molecular flexibility index (Phi) is 7.26. The highest BCUT2D eigenvalue weighted by Gasteiger charge is 2.42. The molecule has 0 saturated carbocycles. The van der Waals surface area contributed by atoms with Gasteiger partial charge in [-0.1, -0.05) is 18.2 Å². The van der Waals surface area contributed by atoms with E-state index in [1.54, 1.807) is 38.5 Å². The zero-order chi connectivity index (χ0) is 21.5. The van der Waals surface area contributed by atoms with Crippen LogP contribution in [-0.4, -0.2) is 69.2 Å².